The number of furan rings is 1. The third-order valence-electron chi connectivity index (χ3n) is 2.69. The maximum atomic E-state index is 11.7. The highest BCUT2D eigenvalue weighted by molar-refractivity contribution is 6.01. The quantitative estimate of drug-likeness (QED) is 0.675. The van der Waals surface area contributed by atoms with Gasteiger partial charge in [0, 0.05) is 16.9 Å². The Morgan fingerprint density at radius 3 is 2.93 bits per heavy atom. The summed E-state index contributed by atoms with van der Waals surface area (Å²) in [6.07, 6.45) is 3.76. The van der Waals surface area contributed by atoms with Crippen LogP contribution in [0.25, 0.3) is 11.0 Å². The van der Waals surface area contributed by atoms with Gasteiger partial charge >= 0.3 is 0 Å². The molecule has 0 unspecified atom stereocenters. The number of benzene rings is 1. The lowest BCUT2D eigenvalue weighted by atomic mass is 10.1. The molecule has 0 atom stereocenters. The number of ketones is 1. The Bertz CT molecular complexity index is 492. The minimum atomic E-state index is 0.285. The highest BCUT2D eigenvalue weighted by Gasteiger charge is 2.30. The van der Waals surface area contributed by atoms with Crippen molar-refractivity contribution >= 4 is 16.8 Å². The van der Waals surface area contributed by atoms with Crippen molar-refractivity contribution < 1.29 is 9.21 Å². The van der Waals surface area contributed by atoms with E-state index in [2.05, 4.69) is 0 Å². The van der Waals surface area contributed by atoms with Crippen LogP contribution >= 0.6 is 0 Å². The third kappa shape index (κ3) is 1.15. The molecule has 70 valence electrons. The molecule has 1 heterocycles. The van der Waals surface area contributed by atoms with Gasteiger partial charge in [0.15, 0.2) is 5.78 Å². The summed E-state index contributed by atoms with van der Waals surface area (Å²) in [5.41, 5.74) is 1.67. The molecule has 1 aliphatic rings. The van der Waals surface area contributed by atoms with Crippen LogP contribution in [0.1, 0.15) is 23.2 Å². The van der Waals surface area contributed by atoms with E-state index < -0.39 is 0 Å². The number of fused-ring (bicyclic) bond motifs is 1. The minimum absolute atomic E-state index is 0.285. The van der Waals surface area contributed by atoms with Crippen LogP contribution in [0.3, 0.4) is 0 Å². The molecule has 0 N–H and O–H groups in total. The van der Waals surface area contributed by atoms with Crippen LogP contribution in [0.2, 0.25) is 0 Å². The second-order valence-electron chi connectivity index (χ2n) is 3.81. The van der Waals surface area contributed by atoms with Gasteiger partial charge in [-0.3, -0.25) is 4.79 Å². The van der Waals surface area contributed by atoms with E-state index in [1.165, 1.54) is 0 Å². The molecule has 1 aromatic carbocycles. The fourth-order valence-corrected chi connectivity index (χ4v) is 1.70. The van der Waals surface area contributed by atoms with Crippen molar-refractivity contribution in [2.24, 2.45) is 5.92 Å². The van der Waals surface area contributed by atoms with Crippen molar-refractivity contribution in [2.45, 2.75) is 12.8 Å². The van der Waals surface area contributed by atoms with Crippen LogP contribution in [0.15, 0.2) is 34.9 Å². The van der Waals surface area contributed by atoms with E-state index in [-0.39, 0.29) is 5.78 Å². The molecule has 2 heteroatoms. The van der Waals surface area contributed by atoms with Gasteiger partial charge in [-0.15, -0.1) is 0 Å². The van der Waals surface area contributed by atoms with Crippen LogP contribution in [0, 0.1) is 5.92 Å². The molecule has 0 spiro atoms. The molecular weight excluding hydrogens is 176 g/mol. The maximum Gasteiger partial charge on any atom is 0.165 e. The normalized spacial score (nSPS) is 16.0. The van der Waals surface area contributed by atoms with Crippen molar-refractivity contribution in [1.29, 1.82) is 0 Å². The maximum absolute atomic E-state index is 11.7. The zero-order valence-electron chi connectivity index (χ0n) is 7.69. The average molecular weight is 186 g/mol. The summed E-state index contributed by atoms with van der Waals surface area (Å²) in [6.45, 7) is 0. The van der Waals surface area contributed by atoms with Crippen LogP contribution in [0.4, 0.5) is 0 Å². The van der Waals surface area contributed by atoms with Gasteiger partial charge in [0.1, 0.15) is 5.58 Å². The van der Waals surface area contributed by atoms with Gasteiger partial charge in [-0.1, -0.05) is 0 Å². The number of hydrogen-bond donors (Lipinski definition) is 0. The average Bonchev–Trinajstić information content (AvgIpc) is 2.95. The van der Waals surface area contributed by atoms with E-state index >= 15 is 0 Å². The van der Waals surface area contributed by atoms with Crippen LogP contribution in [-0.2, 0) is 0 Å². The summed E-state index contributed by atoms with van der Waals surface area (Å²) in [6, 6.07) is 7.52. The van der Waals surface area contributed by atoms with E-state index in [0.717, 1.165) is 29.4 Å². The molecule has 2 nitrogen and oxygen atoms in total. The fraction of sp³-hybridized carbons (Fsp3) is 0.250. The molecule has 0 amide bonds. The smallest absolute Gasteiger partial charge is 0.165 e. The summed E-state index contributed by atoms with van der Waals surface area (Å²) in [4.78, 5) is 11.7. The molecule has 0 bridgehead atoms. The van der Waals surface area contributed by atoms with Gasteiger partial charge in [-0.05, 0) is 37.1 Å². The lowest BCUT2D eigenvalue weighted by molar-refractivity contribution is 0.0968. The molecule has 1 aliphatic carbocycles. The predicted octanol–water partition coefficient (Wildman–Crippen LogP) is 3.03. The summed E-state index contributed by atoms with van der Waals surface area (Å²) < 4.78 is 5.22. The van der Waals surface area contributed by atoms with Gasteiger partial charge in [0.05, 0.1) is 6.26 Å². The summed E-state index contributed by atoms with van der Waals surface area (Å²) in [7, 11) is 0. The van der Waals surface area contributed by atoms with Crippen molar-refractivity contribution in [3.63, 3.8) is 0 Å². The first kappa shape index (κ1) is 7.80. The molecule has 3 rings (SSSR count). The first-order chi connectivity index (χ1) is 6.84. The van der Waals surface area contributed by atoms with Crippen LogP contribution in [0.5, 0.6) is 0 Å². The zero-order chi connectivity index (χ0) is 9.54. The fourth-order valence-electron chi connectivity index (χ4n) is 1.70. The SMILES string of the molecule is O=C(c1ccc2occc2c1)C1CC1. The van der Waals surface area contributed by atoms with Crippen LogP contribution < -0.4 is 0 Å². The Morgan fingerprint density at radius 1 is 1.29 bits per heavy atom. The molecule has 1 saturated carbocycles. The largest absolute Gasteiger partial charge is 0.464 e. The second kappa shape index (κ2) is 2.71. The summed E-state index contributed by atoms with van der Waals surface area (Å²) in [5.74, 6) is 0.576. The predicted molar refractivity (Wildman–Crippen MR) is 53.3 cm³/mol. The second-order valence-corrected chi connectivity index (χ2v) is 3.81. The first-order valence-corrected chi connectivity index (χ1v) is 4.86. The molecule has 1 fully saturated rings. The summed E-state index contributed by atoms with van der Waals surface area (Å²) in [5, 5.41) is 1.01. The van der Waals surface area contributed by atoms with E-state index in [9.17, 15) is 4.79 Å². The molecular formula is C12H10O2. The van der Waals surface area contributed by atoms with Crippen molar-refractivity contribution in [1.82, 2.24) is 0 Å². The van der Waals surface area contributed by atoms with Gasteiger partial charge in [0.25, 0.3) is 0 Å². The Hall–Kier alpha value is -1.57. The molecule has 0 radical (unpaired) electrons. The molecule has 0 saturated heterocycles. The Kier molecular flexibility index (Phi) is 1.51. The lowest BCUT2D eigenvalue weighted by Crippen LogP contribution is -2.00. The number of carbonyl (C=O) groups is 1. The van der Waals surface area contributed by atoms with Crippen molar-refractivity contribution in [2.75, 3.05) is 0 Å². The highest BCUT2D eigenvalue weighted by atomic mass is 16.3. The topological polar surface area (TPSA) is 30.2 Å². The zero-order valence-corrected chi connectivity index (χ0v) is 7.69. The molecule has 1 aromatic heterocycles. The number of rotatable bonds is 2. The van der Waals surface area contributed by atoms with Crippen molar-refractivity contribution in [3.05, 3.63) is 36.1 Å². The van der Waals surface area contributed by atoms with Gasteiger partial charge in [-0.25, -0.2) is 0 Å². The van der Waals surface area contributed by atoms with Crippen molar-refractivity contribution in [3.8, 4) is 0 Å². The number of Topliss-reactive ketones (excluding diaryl/α,β-unsaturated/α-hetero) is 1. The highest BCUT2D eigenvalue weighted by Crippen LogP contribution is 2.33. The van der Waals surface area contributed by atoms with E-state index in [1.807, 2.05) is 24.3 Å². The first-order valence-electron chi connectivity index (χ1n) is 4.86. The number of hydrogen-bond acceptors (Lipinski definition) is 2. The Balaban J connectivity index is 2.07. The van der Waals surface area contributed by atoms with E-state index in [1.54, 1.807) is 6.26 Å². The van der Waals surface area contributed by atoms with Gasteiger partial charge < -0.3 is 4.42 Å². The molecule has 0 aliphatic heterocycles. The van der Waals surface area contributed by atoms with E-state index in [0.29, 0.717) is 5.92 Å². The standard InChI is InChI=1S/C12H10O2/c13-12(8-1-2-8)10-3-4-11-9(7-10)5-6-14-11/h3-8H,1-2H2. The van der Waals surface area contributed by atoms with Gasteiger partial charge in [-0.2, -0.15) is 0 Å². The monoisotopic (exact) mass is 186 g/mol. The van der Waals surface area contributed by atoms with E-state index in [4.69, 9.17) is 4.42 Å². The van der Waals surface area contributed by atoms with Crippen LogP contribution in [-0.4, -0.2) is 5.78 Å². The lowest BCUT2D eigenvalue weighted by Gasteiger charge is -1.97. The number of carbonyl (C=O) groups excluding carboxylic acids is 1. The Labute approximate surface area is 81.5 Å². The molecule has 2 aromatic rings. The van der Waals surface area contributed by atoms with Gasteiger partial charge in [0.2, 0.25) is 0 Å². The third-order valence-corrected chi connectivity index (χ3v) is 2.69. The minimum Gasteiger partial charge on any atom is -0.464 e. The molecule has 14 heavy (non-hydrogen) atoms. The summed E-state index contributed by atoms with van der Waals surface area (Å²) >= 11 is 0. The Morgan fingerprint density at radius 2 is 2.14 bits per heavy atom.